The Morgan fingerprint density at radius 3 is 2.47 bits per heavy atom. The number of esters is 1. The number of carbonyl (C=O) groups is 1. The molecule has 6 heteroatoms. The molecule has 0 aliphatic heterocycles. The predicted molar refractivity (Wildman–Crippen MR) is 117 cm³/mol. The quantitative estimate of drug-likeness (QED) is 0.157. The molecule has 0 spiro atoms. The van der Waals surface area contributed by atoms with Gasteiger partial charge in [0.1, 0.15) is 11.5 Å². The molecule has 0 radical (unpaired) electrons. The minimum absolute atomic E-state index is 0.0568. The number of rotatable bonds is 8. The molecule has 30 heavy (non-hydrogen) atoms. The van der Waals surface area contributed by atoms with E-state index >= 15 is 0 Å². The first-order valence-electron chi connectivity index (χ1n) is 9.75. The van der Waals surface area contributed by atoms with Gasteiger partial charge in [-0.25, -0.2) is 4.79 Å². The first-order valence-corrected chi connectivity index (χ1v) is 9.75. The van der Waals surface area contributed by atoms with Gasteiger partial charge in [0.15, 0.2) is 0 Å². The Kier molecular flexibility index (Phi) is 6.80. The monoisotopic (exact) mass is 405 g/mol. The second kappa shape index (κ2) is 9.69. The van der Waals surface area contributed by atoms with Crippen molar-refractivity contribution in [1.29, 1.82) is 0 Å². The zero-order valence-electron chi connectivity index (χ0n) is 17.0. The van der Waals surface area contributed by atoms with E-state index in [1.165, 1.54) is 35.9 Å². The molecule has 0 atom stereocenters. The molecule has 0 fully saturated rings. The topological polar surface area (TPSA) is 78.7 Å². The second-order valence-corrected chi connectivity index (χ2v) is 6.83. The number of aryl methyl sites for hydroxylation is 1. The smallest absolute Gasteiger partial charge is 0.336 e. The molecule has 0 saturated carbocycles. The lowest BCUT2D eigenvalue weighted by Crippen LogP contribution is -2.04. The molecule has 0 saturated heterocycles. The summed E-state index contributed by atoms with van der Waals surface area (Å²) in [5.41, 5.74) is 2.08. The Morgan fingerprint density at radius 1 is 1.07 bits per heavy atom. The fraction of sp³-hybridized carbons (Fsp3) is 0.208. The van der Waals surface area contributed by atoms with Gasteiger partial charge < -0.3 is 9.47 Å². The third-order valence-electron chi connectivity index (χ3n) is 4.82. The van der Waals surface area contributed by atoms with Crippen LogP contribution in [0.25, 0.3) is 16.8 Å². The summed E-state index contributed by atoms with van der Waals surface area (Å²) in [5, 5.41) is 12.9. The number of unbranched alkanes of at least 4 members (excludes halogenated alkanes) is 1. The van der Waals surface area contributed by atoms with E-state index in [4.69, 9.17) is 9.47 Å². The summed E-state index contributed by atoms with van der Waals surface area (Å²) in [7, 11) is 1.65. The maximum Gasteiger partial charge on any atom is 0.336 e. The fourth-order valence-corrected chi connectivity index (χ4v) is 3.25. The number of methoxy groups -OCH3 is 1. The average molecular weight is 405 g/mol. The van der Waals surface area contributed by atoms with Crippen LogP contribution in [0.5, 0.6) is 11.5 Å². The van der Waals surface area contributed by atoms with Crippen molar-refractivity contribution < 1.29 is 19.2 Å². The Labute approximate surface area is 174 Å². The van der Waals surface area contributed by atoms with Crippen LogP contribution in [0.4, 0.5) is 5.69 Å². The van der Waals surface area contributed by atoms with Crippen molar-refractivity contribution in [2.45, 2.75) is 26.2 Å². The number of benzene rings is 3. The molecule has 0 heterocycles. The first-order chi connectivity index (χ1) is 14.5. The number of fused-ring (bicyclic) bond motifs is 1. The van der Waals surface area contributed by atoms with Crippen LogP contribution in [-0.4, -0.2) is 18.0 Å². The molecule has 0 N–H and O–H groups in total. The Morgan fingerprint density at radius 2 is 1.80 bits per heavy atom. The largest absolute Gasteiger partial charge is 0.497 e. The predicted octanol–water partition coefficient (Wildman–Crippen LogP) is 5.72. The summed E-state index contributed by atoms with van der Waals surface area (Å²) in [4.78, 5) is 22.4. The lowest BCUT2D eigenvalue weighted by molar-refractivity contribution is -0.384. The summed E-state index contributed by atoms with van der Waals surface area (Å²) in [6, 6.07) is 15.4. The third kappa shape index (κ3) is 5.03. The highest BCUT2D eigenvalue weighted by Crippen LogP contribution is 2.28. The van der Waals surface area contributed by atoms with E-state index in [1.54, 1.807) is 13.2 Å². The molecule has 3 aromatic carbocycles. The summed E-state index contributed by atoms with van der Waals surface area (Å²) >= 11 is 0. The van der Waals surface area contributed by atoms with Crippen molar-refractivity contribution >= 4 is 28.5 Å². The SMILES string of the molecule is CCCCc1c(C=CC(=O)Oc2ccc([N+](=O)[O-])cc2)ccc2cc(OC)ccc12. The van der Waals surface area contributed by atoms with Crippen LogP contribution in [0.2, 0.25) is 0 Å². The number of nitrogens with zero attached hydrogens (tertiary/aromatic N) is 1. The number of hydrogen-bond acceptors (Lipinski definition) is 5. The molecule has 0 bridgehead atoms. The van der Waals surface area contributed by atoms with E-state index < -0.39 is 10.9 Å². The lowest BCUT2D eigenvalue weighted by Gasteiger charge is -2.12. The van der Waals surface area contributed by atoms with E-state index in [2.05, 4.69) is 6.92 Å². The van der Waals surface area contributed by atoms with Crippen molar-refractivity contribution in [3.63, 3.8) is 0 Å². The van der Waals surface area contributed by atoms with Crippen molar-refractivity contribution in [2.24, 2.45) is 0 Å². The highest BCUT2D eigenvalue weighted by molar-refractivity contribution is 5.93. The van der Waals surface area contributed by atoms with Crippen LogP contribution >= 0.6 is 0 Å². The van der Waals surface area contributed by atoms with Gasteiger partial charge in [0.2, 0.25) is 0 Å². The molecular formula is C24H23NO5. The van der Waals surface area contributed by atoms with Crippen molar-refractivity contribution in [2.75, 3.05) is 7.11 Å². The molecule has 0 aliphatic rings. The van der Waals surface area contributed by atoms with Gasteiger partial charge in [-0.2, -0.15) is 0 Å². The minimum Gasteiger partial charge on any atom is -0.497 e. The normalized spacial score (nSPS) is 11.0. The summed E-state index contributed by atoms with van der Waals surface area (Å²) in [5.74, 6) is 0.520. The van der Waals surface area contributed by atoms with Gasteiger partial charge in [0.25, 0.3) is 5.69 Å². The maximum absolute atomic E-state index is 12.2. The fourth-order valence-electron chi connectivity index (χ4n) is 3.25. The van der Waals surface area contributed by atoms with E-state index in [1.807, 2.05) is 30.3 Å². The first kappa shape index (κ1) is 21.0. The van der Waals surface area contributed by atoms with Gasteiger partial charge in [0.05, 0.1) is 12.0 Å². The molecule has 6 nitrogen and oxygen atoms in total. The van der Waals surface area contributed by atoms with Gasteiger partial charge in [0, 0.05) is 18.2 Å². The van der Waals surface area contributed by atoms with Crippen LogP contribution in [0.3, 0.4) is 0 Å². The molecule has 154 valence electrons. The average Bonchev–Trinajstić information content (AvgIpc) is 2.76. The van der Waals surface area contributed by atoms with Crippen molar-refractivity contribution in [1.82, 2.24) is 0 Å². The zero-order chi connectivity index (χ0) is 21.5. The maximum atomic E-state index is 12.2. The number of nitro groups is 1. The molecule has 3 rings (SSSR count). The van der Waals surface area contributed by atoms with Crippen LogP contribution < -0.4 is 9.47 Å². The molecular weight excluding hydrogens is 382 g/mol. The van der Waals surface area contributed by atoms with Gasteiger partial charge in [-0.1, -0.05) is 31.5 Å². The van der Waals surface area contributed by atoms with E-state index in [0.717, 1.165) is 41.3 Å². The zero-order valence-corrected chi connectivity index (χ0v) is 17.0. The summed E-state index contributed by atoms with van der Waals surface area (Å²) in [6.45, 7) is 2.14. The Bertz CT molecular complexity index is 1090. The van der Waals surface area contributed by atoms with Gasteiger partial charge in [-0.3, -0.25) is 10.1 Å². The highest BCUT2D eigenvalue weighted by Gasteiger charge is 2.09. The van der Waals surface area contributed by atoms with Gasteiger partial charge in [-0.15, -0.1) is 0 Å². The molecule has 0 unspecified atom stereocenters. The second-order valence-electron chi connectivity index (χ2n) is 6.83. The van der Waals surface area contributed by atoms with Crippen molar-refractivity contribution in [3.05, 3.63) is 81.9 Å². The van der Waals surface area contributed by atoms with Crippen molar-refractivity contribution in [3.8, 4) is 11.5 Å². The van der Waals surface area contributed by atoms with Crippen LogP contribution in [-0.2, 0) is 11.2 Å². The minimum atomic E-state index is -0.542. The number of non-ortho nitro benzene ring substituents is 1. The van der Waals surface area contributed by atoms with E-state index in [-0.39, 0.29) is 11.4 Å². The van der Waals surface area contributed by atoms with E-state index in [9.17, 15) is 14.9 Å². The number of hydrogen-bond donors (Lipinski definition) is 0. The third-order valence-corrected chi connectivity index (χ3v) is 4.82. The number of nitro benzene ring substituents is 1. The van der Waals surface area contributed by atoms with Gasteiger partial charge in [-0.05, 0) is 65.1 Å². The van der Waals surface area contributed by atoms with E-state index in [0.29, 0.717) is 0 Å². The number of carbonyl (C=O) groups excluding carboxylic acids is 1. The lowest BCUT2D eigenvalue weighted by atomic mass is 9.94. The summed E-state index contributed by atoms with van der Waals surface area (Å²) < 4.78 is 10.6. The van der Waals surface area contributed by atoms with Crippen LogP contribution in [0.1, 0.15) is 30.9 Å². The van der Waals surface area contributed by atoms with Crippen LogP contribution in [0.15, 0.2) is 60.7 Å². The summed E-state index contributed by atoms with van der Waals surface area (Å²) in [6.07, 6.45) is 6.14. The van der Waals surface area contributed by atoms with Crippen LogP contribution in [0, 0.1) is 10.1 Å². The molecule has 0 aliphatic carbocycles. The number of ether oxygens (including phenoxy) is 2. The molecule has 0 aromatic heterocycles. The standard InChI is InChI=1S/C24H23NO5/c1-3-4-5-22-17(6-7-18-16-21(29-2)13-14-23(18)22)8-15-24(26)30-20-11-9-19(10-12-20)25(27)28/h6-16H,3-5H2,1-2H3. The van der Waals surface area contributed by atoms with Gasteiger partial charge >= 0.3 is 5.97 Å². The Balaban J connectivity index is 1.83. The molecule has 0 amide bonds. The Hall–Kier alpha value is -3.67. The highest BCUT2D eigenvalue weighted by atomic mass is 16.6. The molecule has 3 aromatic rings.